The second kappa shape index (κ2) is 7.67. The molecule has 3 aromatic rings. The highest BCUT2D eigenvalue weighted by Gasteiger charge is 2.11. The van der Waals surface area contributed by atoms with Crippen LogP contribution in [0.2, 0.25) is 5.02 Å². The number of carbonyl (C=O) groups excluding carboxylic acids is 1. The SMILES string of the molecule is Cc1cc(OCC(=O)NCc2nc(-c3cccs3)no2)cc(C)c1Cl. The quantitative estimate of drug-likeness (QED) is 0.707. The van der Waals surface area contributed by atoms with Crippen LogP contribution in [0.25, 0.3) is 10.7 Å². The third-order valence-corrected chi connectivity index (χ3v) is 4.89. The van der Waals surface area contributed by atoms with Gasteiger partial charge in [-0.1, -0.05) is 22.8 Å². The summed E-state index contributed by atoms with van der Waals surface area (Å²) >= 11 is 7.63. The Morgan fingerprint density at radius 2 is 2.12 bits per heavy atom. The molecule has 0 unspecified atom stereocenters. The molecule has 0 aliphatic heterocycles. The molecule has 8 heteroatoms. The molecule has 0 saturated carbocycles. The molecule has 2 aromatic heterocycles. The average Bonchev–Trinajstić information content (AvgIpc) is 3.26. The van der Waals surface area contributed by atoms with E-state index in [9.17, 15) is 4.79 Å². The van der Waals surface area contributed by atoms with Crippen LogP contribution in [0, 0.1) is 13.8 Å². The molecular weight excluding hydrogens is 362 g/mol. The van der Waals surface area contributed by atoms with Gasteiger partial charge in [-0.05, 0) is 48.6 Å². The Bertz CT molecular complexity index is 854. The Kier molecular flexibility index (Phi) is 5.35. The molecule has 6 nitrogen and oxygen atoms in total. The van der Waals surface area contributed by atoms with Crippen molar-refractivity contribution in [3.63, 3.8) is 0 Å². The average molecular weight is 378 g/mol. The maximum atomic E-state index is 11.9. The van der Waals surface area contributed by atoms with Gasteiger partial charge in [0.2, 0.25) is 11.7 Å². The van der Waals surface area contributed by atoms with Crippen LogP contribution < -0.4 is 10.1 Å². The zero-order valence-corrected chi connectivity index (χ0v) is 15.3. The first kappa shape index (κ1) is 17.4. The normalized spacial score (nSPS) is 10.7. The highest BCUT2D eigenvalue weighted by molar-refractivity contribution is 7.13. The van der Waals surface area contributed by atoms with E-state index in [4.69, 9.17) is 20.9 Å². The van der Waals surface area contributed by atoms with E-state index in [1.165, 1.54) is 11.3 Å². The second-order valence-electron chi connectivity index (χ2n) is 5.43. The maximum absolute atomic E-state index is 11.9. The van der Waals surface area contributed by atoms with E-state index in [1.54, 1.807) is 12.1 Å². The Morgan fingerprint density at radius 1 is 1.36 bits per heavy atom. The highest BCUT2D eigenvalue weighted by Crippen LogP contribution is 2.25. The topological polar surface area (TPSA) is 77.2 Å². The number of nitrogens with zero attached hydrogens (tertiary/aromatic N) is 2. The Hall–Kier alpha value is -2.38. The van der Waals surface area contributed by atoms with Crippen LogP contribution in [0.5, 0.6) is 5.75 Å². The van der Waals surface area contributed by atoms with Crippen molar-refractivity contribution >= 4 is 28.8 Å². The third-order valence-electron chi connectivity index (χ3n) is 3.43. The molecule has 1 aromatic carbocycles. The summed E-state index contributed by atoms with van der Waals surface area (Å²) in [4.78, 5) is 17.1. The number of benzene rings is 1. The van der Waals surface area contributed by atoms with E-state index >= 15 is 0 Å². The van der Waals surface area contributed by atoms with Gasteiger partial charge in [0.1, 0.15) is 5.75 Å². The molecular formula is C17H16ClN3O3S. The van der Waals surface area contributed by atoms with Crippen molar-refractivity contribution in [2.75, 3.05) is 6.61 Å². The minimum absolute atomic E-state index is 0.105. The monoisotopic (exact) mass is 377 g/mol. The number of hydrogen-bond acceptors (Lipinski definition) is 6. The van der Waals surface area contributed by atoms with Crippen LogP contribution >= 0.6 is 22.9 Å². The maximum Gasteiger partial charge on any atom is 0.258 e. The molecule has 0 spiro atoms. The van der Waals surface area contributed by atoms with Gasteiger partial charge < -0.3 is 14.6 Å². The number of nitrogens with one attached hydrogen (secondary N) is 1. The van der Waals surface area contributed by atoms with Crippen molar-refractivity contribution in [1.29, 1.82) is 0 Å². The molecule has 0 radical (unpaired) electrons. The fraction of sp³-hybridized carbons (Fsp3) is 0.235. The van der Waals surface area contributed by atoms with Gasteiger partial charge in [-0.3, -0.25) is 4.79 Å². The number of aryl methyl sites for hydroxylation is 2. The van der Waals surface area contributed by atoms with Gasteiger partial charge in [0.05, 0.1) is 11.4 Å². The highest BCUT2D eigenvalue weighted by atomic mass is 35.5. The lowest BCUT2D eigenvalue weighted by molar-refractivity contribution is -0.123. The molecule has 0 saturated heterocycles. The summed E-state index contributed by atoms with van der Waals surface area (Å²) in [5.41, 5.74) is 1.81. The van der Waals surface area contributed by atoms with Crippen LogP contribution in [0.15, 0.2) is 34.2 Å². The third kappa shape index (κ3) is 4.37. The fourth-order valence-corrected chi connectivity index (χ4v) is 2.95. The Labute approximate surface area is 153 Å². The van der Waals surface area contributed by atoms with Gasteiger partial charge in [0.25, 0.3) is 5.91 Å². The summed E-state index contributed by atoms with van der Waals surface area (Å²) in [6.45, 7) is 3.83. The number of hydrogen-bond donors (Lipinski definition) is 1. The first-order valence-corrected chi connectivity index (χ1v) is 8.81. The molecule has 0 aliphatic rings. The van der Waals surface area contributed by atoms with E-state index in [0.717, 1.165) is 16.0 Å². The van der Waals surface area contributed by atoms with Crippen LogP contribution in [-0.4, -0.2) is 22.7 Å². The van der Waals surface area contributed by atoms with E-state index in [0.29, 0.717) is 22.5 Å². The van der Waals surface area contributed by atoms with Gasteiger partial charge >= 0.3 is 0 Å². The molecule has 25 heavy (non-hydrogen) atoms. The van der Waals surface area contributed by atoms with Crippen LogP contribution in [0.4, 0.5) is 0 Å². The predicted octanol–water partition coefficient (Wildman–Crippen LogP) is 3.76. The predicted molar refractivity (Wildman–Crippen MR) is 95.9 cm³/mol. The lowest BCUT2D eigenvalue weighted by Crippen LogP contribution is -2.28. The Morgan fingerprint density at radius 3 is 2.80 bits per heavy atom. The molecule has 1 N–H and O–H groups in total. The summed E-state index contributed by atoms with van der Waals surface area (Å²) in [5, 5.41) is 9.21. The van der Waals surface area contributed by atoms with Gasteiger partial charge in [-0.15, -0.1) is 11.3 Å². The van der Waals surface area contributed by atoms with Gasteiger partial charge in [0.15, 0.2) is 6.61 Å². The number of aromatic nitrogens is 2. The smallest absolute Gasteiger partial charge is 0.258 e. The summed E-state index contributed by atoms with van der Waals surface area (Å²) in [7, 11) is 0. The zero-order chi connectivity index (χ0) is 17.8. The largest absolute Gasteiger partial charge is 0.484 e. The molecule has 2 heterocycles. The van der Waals surface area contributed by atoms with Gasteiger partial charge in [0, 0.05) is 5.02 Å². The lowest BCUT2D eigenvalue weighted by atomic mass is 10.1. The molecule has 0 bridgehead atoms. The van der Waals surface area contributed by atoms with Crippen LogP contribution in [0.1, 0.15) is 17.0 Å². The van der Waals surface area contributed by atoms with Crippen LogP contribution in [-0.2, 0) is 11.3 Å². The van der Waals surface area contributed by atoms with Crippen molar-refractivity contribution in [3.8, 4) is 16.5 Å². The number of carbonyl (C=O) groups is 1. The standard InChI is InChI=1S/C17H16ClN3O3S/c1-10-6-12(7-11(2)16(10)18)23-9-14(22)19-8-15-20-17(21-24-15)13-4-3-5-25-13/h3-7H,8-9H2,1-2H3,(H,19,22). The number of ether oxygens (including phenoxy) is 1. The molecule has 1 amide bonds. The fourth-order valence-electron chi connectivity index (χ4n) is 2.20. The van der Waals surface area contributed by atoms with E-state index in [-0.39, 0.29) is 19.1 Å². The van der Waals surface area contributed by atoms with E-state index < -0.39 is 0 Å². The van der Waals surface area contributed by atoms with Crippen molar-refractivity contribution in [3.05, 3.63) is 51.7 Å². The summed E-state index contributed by atoms with van der Waals surface area (Å²) in [6.07, 6.45) is 0. The zero-order valence-electron chi connectivity index (χ0n) is 13.7. The minimum atomic E-state index is -0.277. The second-order valence-corrected chi connectivity index (χ2v) is 6.75. The number of halogens is 1. The molecule has 0 fully saturated rings. The van der Waals surface area contributed by atoms with Crippen molar-refractivity contribution in [1.82, 2.24) is 15.5 Å². The van der Waals surface area contributed by atoms with Crippen molar-refractivity contribution < 1.29 is 14.1 Å². The summed E-state index contributed by atoms with van der Waals surface area (Å²) < 4.78 is 10.6. The lowest BCUT2D eigenvalue weighted by Gasteiger charge is -2.09. The summed E-state index contributed by atoms with van der Waals surface area (Å²) in [5.74, 6) is 1.19. The number of thiophene rings is 1. The van der Waals surface area contributed by atoms with E-state index in [2.05, 4.69) is 15.5 Å². The number of amides is 1. The minimum Gasteiger partial charge on any atom is -0.484 e. The molecule has 0 atom stereocenters. The van der Waals surface area contributed by atoms with Crippen molar-refractivity contribution in [2.24, 2.45) is 0 Å². The van der Waals surface area contributed by atoms with Gasteiger partial charge in [-0.2, -0.15) is 4.98 Å². The summed E-state index contributed by atoms with van der Waals surface area (Å²) in [6, 6.07) is 7.42. The van der Waals surface area contributed by atoms with Gasteiger partial charge in [-0.25, -0.2) is 0 Å². The molecule has 0 aliphatic carbocycles. The number of rotatable bonds is 6. The Balaban J connectivity index is 1.50. The molecule has 130 valence electrons. The van der Waals surface area contributed by atoms with Crippen LogP contribution in [0.3, 0.4) is 0 Å². The van der Waals surface area contributed by atoms with E-state index in [1.807, 2.05) is 31.4 Å². The molecule has 3 rings (SSSR count). The first-order chi connectivity index (χ1) is 12.0. The van der Waals surface area contributed by atoms with Crippen molar-refractivity contribution in [2.45, 2.75) is 20.4 Å². The first-order valence-electron chi connectivity index (χ1n) is 7.55.